The highest BCUT2D eigenvalue weighted by atomic mass is 32.1. The Morgan fingerprint density at radius 3 is 2.95 bits per heavy atom. The predicted molar refractivity (Wildman–Crippen MR) is 73.1 cm³/mol. The summed E-state index contributed by atoms with van der Waals surface area (Å²) in [5, 5.41) is 12.9. The van der Waals surface area contributed by atoms with Crippen LogP contribution in [0.4, 0.5) is 0 Å². The lowest BCUT2D eigenvalue weighted by molar-refractivity contribution is 0.0354. The number of aromatic nitrogens is 2. The molecule has 1 aromatic carbocycles. The van der Waals surface area contributed by atoms with Crippen LogP contribution in [0.25, 0.3) is 11.0 Å². The number of carbonyl (C=O) groups excluding carboxylic acids is 1. The summed E-state index contributed by atoms with van der Waals surface area (Å²) in [5.74, 6) is 0.133. The largest absolute Gasteiger partial charge is 0.388 e. The number of aliphatic hydroxyl groups is 1. The molecule has 1 heterocycles. The van der Waals surface area contributed by atoms with E-state index in [1.807, 2.05) is 0 Å². The fourth-order valence-corrected chi connectivity index (χ4v) is 2.65. The van der Waals surface area contributed by atoms with Gasteiger partial charge in [0.05, 0.1) is 17.3 Å². The molecule has 0 unspecified atom stereocenters. The van der Waals surface area contributed by atoms with E-state index in [4.69, 9.17) is 0 Å². The van der Waals surface area contributed by atoms with Gasteiger partial charge in [-0.25, -0.2) is 0 Å². The Bertz CT molecular complexity index is 619. The molecular formula is C13H15N3O2S. The molecule has 19 heavy (non-hydrogen) atoms. The average molecular weight is 277 g/mol. The van der Waals surface area contributed by atoms with E-state index in [1.165, 1.54) is 0 Å². The van der Waals surface area contributed by atoms with Gasteiger partial charge in [0.2, 0.25) is 0 Å². The normalized spacial score (nSPS) is 18.2. The summed E-state index contributed by atoms with van der Waals surface area (Å²) >= 11 is 1.13. The standard InChI is InChI=1S/C13H15N3O2S/c1-13(18,9-3-4-9)7-14-12(17)8-2-5-10-11(6-8)16-19-15-10/h2,5-6,9,18H,3-4,7H2,1H3,(H,14,17)/t13-/m1/s1. The Morgan fingerprint density at radius 1 is 1.47 bits per heavy atom. The number of benzene rings is 1. The van der Waals surface area contributed by atoms with Crippen LogP contribution in [0.15, 0.2) is 18.2 Å². The lowest BCUT2D eigenvalue weighted by atomic mass is 10.0. The highest BCUT2D eigenvalue weighted by molar-refractivity contribution is 7.00. The minimum Gasteiger partial charge on any atom is -0.388 e. The fourth-order valence-electron chi connectivity index (χ4n) is 2.13. The quantitative estimate of drug-likeness (QED) is 0.889. The molecule has 1 amide bonds. The molecule has 0 aliphatic heterocycles. The van der Waals surface area contributed by atoms with Crippen molar-refractivity contribution in [3.63, 3.8) is 0 Å². The molecule has 1 aromatic heterocycles. The van der Waals surface area contributed by atoms with Crippen LogP contribution in [-0.2, 0) is 0 Å². The number of carbonyl (C=O) groups is 1. The third-order valence-corrected chi connectivity index (χ3v) is 4.14. The van der Waals surface area contributed by atoms with E-state index in [9.17, 15) is 9.90 Å². The Balaban J connectivity index is 1.69. The molecule has 1 aliphatic carbocycles. The number of rotatable bonds is 4. The van der Waals surface area contributed by atoms with Crippen molar-refractivity contribution < 1.29 is 9.90 Å². The van der Waals surface area contributed by atoms with Crippen LogP contribution < -0.4 is 5.32 Å². The maximum absolute atomic E-state index is 12.0. The Kier molecular flexibility index (Phi) is 2.99. The smallest absolute Gasteiger partial charge is 0.251 e. The molecule has 3 rings (SSSR count). The molecule has 5 nitrogen and oxygen atoms in total. The maximum Gasteiger partial charge on any atom is 0.251 e. The monoisotopic (exact) mass is 277 g/mol. The van der Waals surface area contributed by atoms with Crippen LogP contribution in [0.3, 0.4) is 0 Å². The van der Waals surface area contributed by atoms with Crippen molar-refractivity contribution in [3.05, 3.63) is 23.8 Å². The summed E-state index contributed by atoms with van der Waals surface area (Å²) < 4.78 is 8.20. The minimum absolute atomic E-state index is 0.184. The molecule has 1 aliphatic rings. The van der Waals surface area contributed by atoms with Crippen molar-refractivity contribution in [3.8, 4) is 0 Å². The van der Waals surface area contributed by atoms with Crippen LogP contribution in [-0.4, -0.2) is 31.9 Å². The lowest BCUT2D eigenvalue weighted by Gasteiger charge is -2.23. The van der Waals surface area contributed by atoms with Crippen molar-refractivity contribution in [2.45, 2.75) is 25.4 Å². The fraction of sp³-hybridized carbons (Fsp3) is 0.462. The van der Waals surface area contributed by atoms with Crippen molar-refractivity contribution in [1.82, 2.24) is 14.1 Å². The molecule has 0 bridgehead atoms. The van der Waals surface area contributed by atoms with Crippen LogP contribution in [0.1, 0.15) is 30.1 Å². The van der Waals surface area contributed by atoms with Crippen molar-refractivity contribution in [2.24, 2.45) is 5.92 Å². The van der Waals surface area contributed by atoms with Crippen molar-refractivity contribution >= 4 is 28.7 Å². The topological polar surface area (TPSA) is 75.1 Å². The Labute approximate surface area is 115 Å². The van der Waals surface area contributed by atoms with Gasteiger partial charge in [-0.3, -0.25) is 4.79 Å². The minimum atomic E-state index is -0.804. The summed E-state index contributed by atoms with van der Waals surface area (Å²) in [4.78, 5) is 12.0. The van der Waals surface area contributed by atoms with Gasteiger partial charge in [-0.15, -0.1) is 0 Å². The van der Waals surface area contributed by atoms with Crippen LogP contribution in [0.2, 0.25) is 0 Å². The number of nitrogens with one attached hydrogen (secondary N) is 1. The molecule has 1 saturated carbocycles. The summed E-state index contributed by atoms with van der Waals surface area (Å²) in [5.41, 5.74) is 1.27. The van der Waals surface area contributed by atoms with E-state index in [2.05, 4.69) is 14.1 Å². The van der Waals surface area contributed by atoms with Gasteiger partial charge in [-0.2, -0.15) is 8.75 Å². The summed E-state index contributed by atoms with van der Waals surface area (Å²) in [7, 11) is 0. The van der Waals surface area contributed by atoms with Crippen LogP contribution in [0.5, 0.6) is 0 Å². The van der Waals surface area contributed by atoms with Crippen molar-refractivity contribution in [1.29, 1.82) is 0 Å². The first-order valence-electron chi connectivity index (χ1n) is 6.29. The molecule has 0 spiro atoms. The third kappa shape index (κ3) is 2.59. The van der Waals surface area contributed by atoms with E-state index < -0.39 is 5.60 Å². The molecule has 100 valence electrons. The first kappa shape index (κ1) is 12.5. The van der Waals surface area contributed by atoms with Gasteiger partial charge in [0.15, 0.2) is 0 Å². The van der Waals surface area contributed by atoms with Gasteiger partial charge in [0, 0.05) is 12.1 Å². The van der Waals surface area contributed by atoms with E-state index >= 15 is 0 Å². The van der Waals surface area contributed by atoms with Gasteiger partial charge in [0.1, 0.15) is 11.0 Å². The first-order valence-corrected chi connectivity index (χ1v) is 7.02. The Hall–Kier alpha value is -1.53. The third-order valence-electron chi connectivity index (χ3n) is 3.58. The van der Waals surface area contributed by atoms with Crippen LogP contribution in [0, 0.1) is 5.92 Å². The lowest BCUT2D eigenvalue weighted by Crippen LogP contribution is -2.42. The highest BCUT2D eigenvalue weighted by Crippen LogP contribution is 2.39. The van der Waals surface area contributed by atoms with Gasteiger partial charge >= 0.3 is 0 Å². The maximum atomic E-state index is 12.0. The van der Waals surface area contributed by atoms with Gasteiger partial charge in [-0.1, -0.05) is 0 Å². The van der Waals surface area contributed by atoms with Gasteiger partial charge in [0.25, 0.3) is 5.91 Å². The second kappa shape index (κ2) is 4.54. The van der Waals surface area contributed by atoms with Crippen molar-refractivity contribution in [2.75, 3.05) is 6.54 Å². The van der Waals surface area contributed by atoms with Gasteiger partial charge < -0.3 is 10.4 Å². The SMILES string of the molecule is C[C@@](O)(CNC(=O)c1ccc2nsnc2c1)C1CC1. The zero-order chi connectivity index (χ0) is 13.5. The molecular weight excluding hydrogens is 262 g/mol. The number of hydrogen-bond acceptors (Lipinski definition) is 5. The van der Waals surface area contributed by atoms with E-state index in [-0.39, 0.29) is 12.5 Å². The van der Waals surface area contributed by atoms with Gasteiger partial charge in [-0.05, 0) is 43.9 Å². The highest BCUT2D eigenvalue weighted by Gasteiger charge is 2.39. The number of fused-ring (bicyclic) bond motifs is 1. The molecule has 0 radical (unpaired) electrons. The summed E-state index contributed by atoms with van der Waals surface area (Å²) in [6, 6.07) is 5.23. The molecule has 1 fully saturated rings. The predicted octanol–water partition coefficient (Wildman–Crippen LogP) is 1.58. The molecule has 6 heteroatoms. The Morgan fingerprint density at radius 2 is 2.21 bits per heavy atom. The number of nitrogens with zero attached hydrogens (tertiary/aromatic N) is 2. The zero-order valence-corrected chi connectivity index (χ0v) is 11.4. The number of hydrogen-bond donors (Lipinski definition) is 2. The molecule has 2 aromatic rings. The summed E-state index contributed by atoms with van der Waals surface area (Å²) in [6.45, 7) is 2.06. The van der Waals surface area contributed by atoms with E-state index in [1.54, 1.807) is 25.1 Å². The average Bonchev–Trinajstić information content (AvgIpc) is 3.15. The number of amides is 1. The zero-order valence-electron chi connectivity index (χ0n) is 10.6. The molecule has 0 saturated heterocycles. The second-order valence-electron chi connectivity index (χ2n) is 5.28. The second-order valence-corrected chi connectivity index (χ2v) is 5.81. The van der Waals surface area contributed by atoms with E-state index in [0.29, 0.717) is 11.5 Å². The summed E-state index contributed by atoms with van der Waals surface area (Å²) in [6.07, 6.45) is 2.08. The molecule has 2 N–H and O–H groups in total. The molecule has 1 atom stereocenters. The van der Waals surface area contributed by atoms with E-state index in [0.717, 1.165) is 35.6 Å². The first-order chi connectivity index (χ1) is 9.06. The van der Waals surface area contributed by atoms with Crippen LogP contribution >= 0.6 is 11.7 Å².